The number of unbranched alkanes of at least 4 members (excludes halogenated alkanes) is 1. The smallest absolute Gasteiger partial charge is 0.297 e. The fraction of sp³-hybridized carbons (Fsp3) is 0.320. The van der Waals surface area contributed by atoms with Crippen LogP contribution in [0, 0.1) is 16.7 Å². The normalized spacial score (nSPS) is 15.9. The quantitative estimate of drug-likeness (QED) is 0.324. The van der Waals surface area contributed by atoms with Gasteiger partial charge in [0.05, 0.1) is 30.5 Å². The van der Waals surface area contributed by atoms with Crippen LogP contribution in [0.5, 0.6) is 11.5 Å². The molecule has 2 heterocycles. The molecule has 2 aromatic rings. The van der Waals surface area contributed by atoms with E-state index in [2.05, 4.69) is 29.7 Å². The Balaban J connectivity index is 0.00000112. The first-order valence-electron chi connectivity index (χ1n) is 11.5. The monoisotopic (exact) mass is 546 g/mol. The molecule has 0 radical (unpaired) electrons. The third-order valence-electron chi connectivity index (χ3n) is 5.21. The molecule has 3 unspecified atom stereocenters. The molecule has 1 amide bonds. The molecule has 0 spiro atoms. The van der Waals surface area contributed by atoms with E-state index in [-0.39, 0.29) is 34.1 Å². The first kappa shape index (κ1) is 29.8. The van der Waals surface area contributed by atoms with Crippen molar-refractivity contribution < 1.29 is 13.9 Å². The molecule has 1 aromatic carbocycles. The number of carbonyl (C=O) groups is 1. The Hall–Kier alpha value is -3.38. The number of nitrogens with zero attached hydrogens (tertiary/aromatic N) is 3. The number of allylic oxidation sites excluding steroid dienone is 1. The Kier molecular flexibility index (Phi) is 11.6. The van der Waals surface area contributed by atoms with E-state index in [0.29, 0.717) is 5.57 Å². The predicted octanol–water partition coefficient (Wildman–Crippen LogP) is 4.74. The molecule has 0 aliphatic carbocycles. The van der Waals surface area contributed by atoms with E-state index in [1.54, 1.807) is 19.1 Å². The van der Waals surface area contributed by atoms with Crippen molar-refractivity contribution in [2.45, 2.75) is 52.1 Å². The number of ether oxygens (including phenoxy) is 1. The van der Waals surface area contributed by atoms with Gasteiger partial charge in [-0.15, -0.1) is 0 Å². The van der Waals surface area contributed by atoms with Crippen molar-refractivity contribution >= 4 is 33.0 Å². The lowest BCUT2D eigenvalue weighted by atomic mass is 10.0. The van der Waals surface area contributed by atoms with Gasteiger partial charge in [0.2, 0.25) is 5.75 Å². The van der Waals surface area contributed by atoms with Gasteiger partial charge in [-0.1, -0.05) is 59.7 Å². The second-order valence-electron chi connectivity index (χ2n) is 7.88. The molecule has 0 saturated heterocycles. The zero-order valence-electron chi connectivity index (χ0n) is 20.7. The maximum absolute atomic E-state index is 14.2. The van der Waals surface area contributed by atoms with Crippen LogP contribution in [0.1, 0.15) is 50.8 Å². The lowest BCUT2D eigenvalue weighted by Crippen LogP contribution is -2.50. The number of amides is 1. The Bertz CT molecular complexity index is 1300. The first-order valence-corrected chi connectivity index (χ1v) is 12.5. The van der Waals surface area contributed by atoms with Crippen molar-refractivity contribution in [1.29, 1.82) is 10.7 Å². The molecule has 3 atom stereocenters. The molecule has 9 nitrogen and oxygen atoms in total. The van der Waals surface area contributed by atoms with Crippen molar-refractivity contribution in [3.63, 3.8) is 0 Å². The highest BCUT2D eigenvalue weighted by Crippen LogP contribution is 2.32. The number of hydrazine groups is 1. The highest BCUT2D eigenvalue weighted by molar-refractivity contribution is 7.16. The lowest BCUT2D eigenvalue weighted by molar-refractivity contribution is -0.119. The van der Waals surface area contributed by atoms with Crippen molar-refractivity contribution in [2.75, 3.05) is 0 Å². The summed E-state index contributed by atoms with van der Waals surface area (Å²) >= 11 is 5.99. The second-order valence-corrected chi connectivity index (χ2v) is 8.91. The largest absolute Gasteiger partial charge is 0.449 e. The van der Waals surface area contributed by atoms with E-state index in [4.69, 9.17) is 27.0 Å². The molecule has 12 heteroatoms. The average molecular weight is 547 g/mol. The van der Waals surface area contributed by atoms with E-state index in [9.17, 15) is 14.0 Å². The molecule has 0 saturated carbocycles. The van der Waals surface area contributed by atoms with Crippen molar-refractivity contribution in [3.05, 3.63) is 74.5 Å². The molecule has 1 aliphatic heterocycles. The number of hydrogen-bond donors (Lipinski definition) is 3. The minimum Gasteiger partial charge on any atom is -0.449 e. The number of hydrogen-bond acceptors (Lipinski definition) is 7. The SMILES string of the molecule is C/C=C(\C=N)C1C=C(Cn2cnc(C(F)P)c(Oc3cc(Cl)cc(C#N)c3)c2=O)C(=O)NN1.CCCC. The Morgan fingerprint density at radius 2 is 2.08 bits per heavy atom. The predicted molar refractivity (Wildman–Crippen MR) is 145 cm³/mol. The van der Waals surface area contributed by atoms with E-state index in [1.165, 1.54) is 31.0 Å². The van der Waals surface area contributed by atoms with Crippen LogP contribution in [0.15, 0.2) is 52.6 Å². The van der Waals surface area contributed by atoms with Gasteiger partial charge < -0.3 is 10.1 Å². The number of rotatable bonds is 8. The molecule has 37 heavy (non-hydrogen) atoms. The molecular weight excluding hydrogens is 518 g/mol. The molecule has 3 rings (SSSR count). The average Bonchev–Trinajstić information content (AvgIpc) is 2.88. The molecule has 3 N–H and O–H groups in total. The first-order chi connectivity index (χ1) is 17.7. The summed E-state index contributed by atoms with van der Waals surface area (Å²) in [4.78, 5) is 29.5. The van der Waals surface area contributed by atoms with Crippen LogP contribution in [-0.4, -0.2) is 27.7 Å². The maximum Gasteiger partial charge on any atom is 0.297 e. The summed E-state index contributed by atoms with van der Waals surface area (Å²) in [6, 6.07) is 5.60. The number of carbonyl (C=O) groups excluding carboxylic acids is 1. The topological polar surface area (TPSA) is 133 Å². The number of aromatic nitrogens is 2. The fourth-order valence-corrected chi connectivity index (χ4v) is 3.54. The van der Waals surface area contributed by atoms with Gasteiger partial charge in [0.25, 0.3) is 11.5 Å². The van der Waals surface area contributed by atoms with Gasteiger partial charge in [-0.3, -0.25) is 19.6 Å². The summed E-state index contributed by atoms with van der Waals surface area (Å²) in [5, 5.41) is 16.8. The third-order valence-corrected chi connectivity index (χ3v) is 5.74. The van der Waals surface area contributed by atoms with Gasteiger partial charge in [-0.2, -0.15) is 5.26 Å². The molecule has 0 fully saturated rings. The van der Waals surface area contributed by atoms with Crippen LogP contribution in [0.2, 0.25) is 5.02 Å². The van der Waals surface area contributed by atoms with Crippen LogP contribution < -0.4 is 21.1 Å². The minimum absolute atomic E-state index is 0.0604. The molecule has 1 aliphatic rings. The number of alkyl halides is 1. The zero-order chi connectivity index (χ0) is 27.5. The highest BCUT2D eigenvalue weighted by Gasteiger charge is 2.24. The summed E-state index contributed by atoms with van der Waals surface area (Å²) in [5.41, 5.74) is 5.31. The van der Waals surface area contributed by atoms with Gasteiger partial charge in [0, 0.05) is 16.8 Å². The van der Waals surface area contributed by atoms with Crippen molar-refractivity contribution in [1.82, 2.24) is 20.4 Å². The van der Waals surface area contributed by atoms with Crippen LogP contribution in [0.3, 0.4) is 0 Å². The van der Waals surface area contributed by atoms with E-state index < -0.39 is 29.2 Å². The molecule has 0 bridgehead atoms. The van der Waals surface area contributed by atoms with Gasteiger partial charge >= 0.3 is 0 Å². The maximum atomic E-state index is 14.2. The van der Waals surface area contributed by atoms with Crippen LogP contribution in [0.25, 0.3) is 0 Å². The summed E-state index contributed by atoms with van der Waals surface area (Å²) in [6.45, 7) is 5.95. The van der Waals surface area contributed by atoms with Gasteiger partial charge in [0.15, 0.2) is 5.91 Å². The Morgan fingerprint density at radius 1 is 1.38 bits per heavy atom. The summed E-state index contributed by atoms with van der Waals surface area (Å²) in [7, 11) is 1.89. The third kappa shape index (κ3) is 8.05. The summed E-state index contributed by atoms with van der Waals surface area (Å²) in [5.74, 6) is -2.50. The Labute approximate surface area is 222 Å². The highest BCUT2D eigenvalue weighted by atomic mass is 35.5. The second kappa shape index (κ2) is 14.4. The van der Waals surface area contributed by atoms with Crippen molar-refractivity contribution in [3.8, 4) is 17.6 Å². The number of nitriles is 1. The number of halogens is 2. The fourth-order valence-electron chi connectivity index (χ4n) is 3.07. The van der Waals surface area contributed by atoms with E-state index >= 15 is 0 Å². The van der Waals surface area contributed by atoms with E-state index in [1.807, 2.05) is 15.3 Å². The Morgan fingerprint density at radius 3 is 2.65 bits per heavy atom. The van der Waals surface area contributed by atoms with Gasteiger partial charge in [-0.25, -0.2) is 14.8 Å². The van der Waals surface area contributed by atoms with Crippen LogP contribution >= 0.6 is 20.8 Å². The summed E-state index contributed by atoms with van der Waals surface area (Å²) < 4.78 is 20.9. The lowest BCUT2D eigenvalue weighted by Gasteiger charge is -2.24. The number of benzene rings is 1. The molecule has 196 valence electrons. The minimum atomic E-state index is -1.70. The number of nitrogens with one attached hydrogen (secondary N) is 3. The van der Waals surface area contributed by atoms with Gasteiger partial charge in [-0.05, 0) is 30.7 Å². The molecule has 1 aromatic heterocycles. The van der Waals surface area contributed by atoms with E-state index in [0.717, 1.165) is 17.1 Å². The standard InChI is InChI=1S/C21H19ClFN6O3P.C4H10/c1-2-12(8-25)16-5-13(20(30)28-27-16)9-29-10-26-17(19(23)33)18(21(29)31)32-15-4-11(7-24)3-14(22)6-15;1-3-4-2/h2-6,8,10,16,19,25,27H,9,33H2,1H3,(H,28,30);3-4H2,1-2H3/b12-2+,25-8?;. The molecular formula is C25H29ClFN6O3P. The van der Waals surface area contributed by atoms with Gasteiger partial charge in [0.1, 0.15) is 11.4 Å². The zero-order valence-corrected chi connectivity index (χ0v) is 22.6. The van der Waals surface area contributed by atoms with Crippen LogP contribution in [-0.2, 0) is 11.3 Å². The van der Waals surface area contributed by atoms with Crippen LogP contribution in [0.4, 0.5) is 4.39 Å². The van der Waals surface area contributed by atoms with Crippen molar-refractivity contribution in [2.24, 2.45) is 0 Å². The summed E-state index contributed by atoms with van der Waals surface area (Å²) in [6.07, 6.45) is 8.21.